The zero-order valence-electron chi connectivity index (χ0n) is 14.0. The van der Waals surface area contributed by atoms with E-state index in [0.29, 0.717) is 29.8 Å². The SMILES string of the molecule is COc1ccc(Cl)cc1CN(C)Cc1ncc(-c2ccc(F)cc2)o1. The summed E-state index contributed by atoms with van der Waals surface area (Å²) < 4.78 is 24.1. The highest BCUT2D eigenvalue weighted by atomic mass is 35.5. The molecule has 0 atom stereocenters. The van der Waals surface area contributed by atoms with Crippen LogP contribution in [0.4, 0.5) is 4.39 Å². The summed E-state index contributed by atoms with van der Waals surface area (Å²) in [5.74, 6) is 1.71. The van der Waals surface area contributed by atoms with Crippen molar-refractivity contribution in [2.75, 3.05) is 14.2 Å². The molecule has 0 radical (unpaired) electrons. The van der Waals surface area contributed by atoms with Gasteiger partial charge in [-0.25, -0.2) is 9.37 Å². The Balaban J connectivity index is 1.68. The quantitative estimate of drug-likeness (QED) is 0.634. The third-order valence-electron chi connectivity index (χ3n) is 3.77. The van der Waals surface area contributed by atoms with Crippen LogP contribution >= 0.6 is 11.6 Å². The molecular weight excluding hydrogens is 343 g/mol. The summed E-state index contributed by atoms with van der Waals surface area (Å²) in [7, 11) is 3.60. The number of nitrogens with zero attached hydrogens (tertiary/aromatic N) is 2. The molecule has 6 heteroatoms. The van der Waals surface area contributed by atoms with Crippen LogP contribution in [0.1, 0.15) is 11.5 Å². The molecule has 0 bridgehead atoms. The highest BCUT2D eigenvalue weighted by Crippen LogP contribution is 2.25. The van der Waals surface area contributed by atoms with Crippen LogP contribution in [0.3, 0.4) is 0 Å². The van der Waals surface area contributed by atoms with E-state index in [9.17, 15) is 4.39 Å². The van der Waals surface area contributed by atoms with Gasteiger partial charge in [-0.3, -0.25) is 4.90 Å². The second-order valence-electron chi connectivity index (χ2n) is 5.75. The van der Waals surface area contributed by atoms with E-state index < -0.39 is 0 Å². The molecule has 1 aromatic heterocycles. The zero-order valence-corrected chi connectivity index (χ0v) is 14.8. The summed E-state index contributed by atoms with van der Waals surface area (Å²) in [5, 5.41) is 0.666. The van der Waals surface area contributed by atoms with Crippen LogP contribution in [-0.4, -0.2) is 24.0 Å². The monoisotopic (exact) mass is 360 g/mol. The Hall–Kier alpha value is -2.37. The lowest BCUT2D eigenvalue weighted by Gasteiger charge is -2.17. The second kappa shape index (κ2) is 7.68. The molecule has 2 aromatic carbocycles. The van der Waals surface area contributed by atoms with Crippen LogP contribution in [0.2, 0.25) is 5.02 Å². The van der Waals surface area contributed by atoms with Crippen molar-refractivity contribution < 1.29 is 13.5 Å². The Morgan fingerprint density at radius 3 is 2.64 bits per heavy atom. The van der Waals surface area contributed by atoms with E-state index in [1.165, 1.54) is 12.1 Å². The molecular formula is C19H18ClFN2O2. The molecule has 0 fully saturated rings. The Morgan fingerprint density at radius 1 is 1.16 bits per heavy atom. The standard InChI is InChI=1S/C19H18ClFN2O2/c1-23(11-14-9-15(20)5-8-17(14)24-2)12-19-22-10-18(25-19)13-3-6-16(21)7-4-13/h3-10H,11-12H2,1-2H3. The van der Waals surface area contributed by atoms with Gasteiger partial charge in [-0.1, -0.05) is 11.6 Å². The van der Waals surface area contributed by atoms with Crippen LogP contribution in [-0.2, 0) is 13.1 Å². The van der Waals surface area contributed by atoms with E-state index in [4.69, 9.17) is 20.8 Å². The van der Waals surface area contributed by atoms with Gasteiger partial charge in [0, 0.05) is 22.7 Å². The van der Waals surface area contributed by atoms with Crippen molar-refractivity contribution in [1.82, 2.24) is 9.88 Å². The number of aromatic nitrogens is 1. The maximum atomic E-state index is 13.0. The number of hydrogen-bond acceptors (Lipinski definition) is 4. The van der Waals surface area contributed by atoms with Crippen molar-refractivity contribution in [3.05, 3.63) is 71.0 Å². The first-order valence-electron chi connectivity index (χ1n) is 7.77. The van der Waals surface area contributed by atoms with E-state index in [0.717, 1.165) is 16.9 Å². The molecule has 0 aliphatic heterocycles. The van der Waals surface area contributed by atoms with Gasteiger partial charge in [0.2, 0.25) is 5.89 Å². The molecule has 3 aromatic rings. The van der Waals surface area contributed by atoms with E-state index in [2.05, 4.69) is 9.88 Å². The maximum Gasteiger partial charge on any atom is 0.209 e. The molecule has 1 heterocycles. The Kier molecular flexibility index (Phi) is 5.36. The van der Waals surface area contributed by atoms with Gasteiger partial charge in [-0.2, -0.15) is 0 Å². The molecule has 0 aliphatic rings. The van der Waals surface area contributed by atoms with Crippen molar-refractivity contribution in [2.45, 2.75) is 13.1 Å². The Labute approximate surface area is 150 Å². The van der Waals surface area contributed by atoms with Crippen molar-refractivity contribution in [3.63, 3.8) is 0 Å². The smallest absolute Gasteiger partial charge is 0.209 e. The van der Waals surface area contributed by atoms with Crippen LogP contribution in [0.5, 0.6) is 5.75 Å². The zero-order chi connectivity index (χ0) is 17.8. The number of rotatable bonds is 6. The van der Waals surface area contributed by atoms with Crippen molar-refractivity contribution in [1.29, 1.82) is 0 Å². The van der Waals surface area contributed by atoms with Crippen LogP contribution < -0.4 is 4.74 Å². The highest BCUT2D eigenvalue weighted by Gasteiger charge is 2.12. The minimum absolute atomic E-state index is 0.279. The van der Waals surface area contributed by atoms with Gasteiger partial charge in [0.15, 0.2) is 5.76 Å². The lowest BCUT2D eigenvalue weighted by molar-refractivity contribution is 0.278. The molecule has 0 N–H and O–H groups in total. The first kappa shape index (κ1) is 17.5. The third-order valence-corrected chi connectivity index (χ3v) is 4.01. The van der Waals surface area contributed by atoms with Gasteiger partial charge in [0.1, 0.15) is 11.6 Å². The van der Waals surface area contributed by atoms with Gasteiger partial charge in [-0.15, -0.1) is 0 Å². The molecule has 0 aliphatic carbocycles. The minimum Gasteiger partial charge on any atom is -0.496 e. The molecule has 3 rings (SSSR count). The lowest BCUT2D eigenvalue weighted by Crippen LogP contribution is -2.17. The summed E-state index contributed by atoms with van der Waals surface area (Å²) in [4.78, 5) is 6.35. The molecule has 0 saturated heterocycles. The first-order chi connectivity index (χ1) is 12.0. The van der Waals surface area contributed by atoms with Gasteiger partial charge in [0.05, 0.1) is 19.9 Å². The summed E-state index contributed by atoms with van der Waals surface area (Å²) in [6.07, 6.45) is 1.65. The van der Waals surface area contributed by atoms with Crippen molar-refractivity contribution in [2.24, 2.45) is 0 Å². The van der Waals surface area contributed by atoms with Crippen molar-refractivity contribution in [3.8, 4) is 17.1 Å². The number of benzene rings is 2. The van der Waals surface area contributed by atoms with Crippen LogP contribution in [0, 0.1) is 5.82 Å². The Morgan fingerprint density at radius 2 is 1.92 bits per heavy atom. The fourth-order valence-electron chi connectivity index (χ4n) is 2.58. The topological polar surface area (TPSA) is 38.5 Å². The maximum absolute atomic E-state index is 13.0. The third kappa shape index (κ3) is 4.38. The number of hydrogen-bond donors (Lipinski definition) is 0. The average molecular weight is 361 g/mol. The lowest BCUT2D eigenvalue weighted by atomic mass is 10.2. The molecule has 0 saturated carbocycles. The van der Waals surface area contributed by atoms with E-state index >= 15 is 0 Å². The molecule has 130 valence electrons. The summed E-state index contributed by atoms with van der Waals surface area (Å²) >= 11 is 6.07. The number of methoxy groups -OCH3 is 1. The van der Waals surface area contributed by atoms with Crippen LogP contribution in [0.25, 0.3) is 11.3 Å². The molecule has 0 unspecified atom stereocenters. The molecule has 0 amide bonds. The fraction of sp³-hybridized carbons (Fsp3) is 0.211. The van der Waals surface area contributed by atoms with Gasteiger partial charge in [-0.05, 0) is 49.5 Å². The average Bonchev–Trinajstić information content (AvgIpc) is 3.04. The summed E-state index contributed by atoms with van der Waals surface area (Å²) in [5.41, 5.74) is 1.78. The van der Waals surface area contributed by atoms with Gasteiger partial charge >= 0.3 is 0 Å². The predicted octanol–water partition coefficient (Wildman–Crippen LogP) is 4.77. The first-order valence-corrected chi connectivity index (χ1v) is 8.14. The molecule has 25 heavy (non-hydrogen) atoms. The predicted molar refractivity (Wildman–Crippen MR) is 95.1 cm³/mol. The second-order valence-corrected chi connectivity index (χ2v) is 6.19. The number of oxazole rings is 1. The summed E-state index contributed by atoms with van der Waals surface area (Å²) in [6.45, 7) is 1.16. The van der Waals surface area contributed by atoms with E-state index in [1.54, 1.807) is 31.5 Å². The Bertz CT molecular complexity index is 849. The van der Waals surface area contributed by atoms with Gasteiger partial charge < -0.3 is 9.15 Å². The fourth-order valence-corrected chi connectivity index (χ4v) is 2.77. The van der Waals surface area contributed by atoms with Gasteiger partial charge in [0.25, 0.3) is 0 Å². The minimum atomic E-state index is -0.279. The van der Waals surface area contributed by atoms with Crippen molar-refractivity contribution >= 4 is 11.6 Å². The molecule has 4 nitrogen and oxygen atoms in total. The summed E-state index contributed by atoms with van der Waals surface area (Å²) in [6, 6.07) is 11.7. The number of ether oxygens (including phenoxy) is 1. The number of halogens is 2. The van der Waals surface area contributed by atoms with E-state index in [-0.39, 0.29) is 5.82 Å². The molecule has 0 spiro atoms. The normalized spacial score (nSPS) is 11.1. The van der Waals surface area contributed by atoms with Crippen LogP contribution in [0.15, 0.2) is 53.1 Å². The van der Waals surface area contributed by atoms with E-state index in [1.807, 2.05) is 19.2 Å². The highest BCUT2D eigenvalue weighted by molar-refractivity contribution is 6.30. The largest absolute Gasteiger partial charge is 0.496 e.